The highest BCUT2D eigenvalue weighted by Gasteiger charge is 2.14. The van der Waals surface area contributed by atoms with Gasteiger partial charge in [0, 0.05) is 11.4 Å². The lowest BCUT2D eigenvalue weighted by Crippen LogP contribution is -2.11. The normalized spacial score (nSPS) is 10.5. The number of phenolic OH excluding ortho intramolecular Hbond substituents is 1. The number of anilines is 1. The minimum absolute atomic E-state index is 0.154. The number of nitrogens with one attached hydrogen (secondary N) is 1. The van der Waals surface area contributed by atoms with E-state index in [0.29, 0.717) is 23.6 Å². The van der Waals surface area contributed by atoms with Gasteiger partial charge >= 0.3 is 0 Å². The topological polar surface area (TPSA) is 75.4 Å². The molecule has 0 heterocycles. The van der Waals surface area contributed by atoms with E-state index >= 15 is 0 Å². The number of unbranched alkanes of at least 4 members (excludes halogenated alkanes) is 2. The molecule has 0 spiro atoms. The minimum Gasteiger partial charge on any atom is -0.504 e. The molecule has 4 N–H and O–H groups in total. The molecule has 0 radical (unpaired) electrons. The van der Waals surface area contributed by atoms with Gasteiger partial charge in [-0.3, -0.25) is 4.79 Å². The maximum atomic E-state index is 11.7. The minimum atomic E-state index is -0.177. The Bertz CT molecular complexity index is 464. The molecule has 0 saturated carbocycles. The van der Waals surface area contributed by atoms with Gasteiger partial charge in [0.2, 0.25) is 5.91 Å². The molecule has 0 aromatic heterocycles. The standard InChI is InChI=1S/C13H18Cl2N2O2/c1-8-9(14)7-10(13(19)12(8)15)17-11(18)5-3-2-4-6-16/h7,19H,2-6,16H2,1H3,(H,17,18). The first-order valence-corrected chi connectivity index (χ1v) is 6.90. The lowest BCUT2D eigenvalue weighted by Gasteiger charge is -2.11. The lowest BCUT2D eigenvalue weighted by molar-refractivity contribution is -0.116. The third-order valence-corrected chi connectivity index (χ3v) is 3.66. The second kappa shape index (κ2) is 7.58. The predicted molar refractivity (Wildman–Crippen MR) is 79.0 cm³/mol. The van der Waals surface area contributed by atoms with Gasteiger partial charge in [-0.2, -0.15) is 0 Å². The largest absolute Gasteiger partial charge is 0.504 e. The van der Waals surface area contributed by atoms with Crippen molar-refractivity contribution < 1.29 is 9.90 Å². The van der Waals surface area contributed by atoms with Crippen LogP contribution in [0.5, 0.6) is 5.75 Å². The maximum Gasteiger partial charge on any atom is 0.224 e. The van der Waals surface area contributed by atoms with Gasteiger partial charge in [0.25, 0.3) is 0 Å². The van der Waals surface area contributed by atoms with Gasteiger partial charge < -0.3 is 16.2 Å². The van der Waals surface area contributed by atoms with Crippen LogP contribution in [0.1, 0.15) is 31.2 Å². The molecule has 0 unspecified atom stereocenters. The predicted octanol–water partition coefficient (Wildman–Crippen LogP) is 3.47. The van der Waals surface area contributed by atoms with Crippen LogP contribution in [0.3, 0.4) is 0 Å². The number of hydrogen-bond acceptors (Lipinski definition) is 3. The van der Waals surface area contributed by atoms with E-state index in [9.17, 15) is 9.90 Å². The van der Waals surface area contributed by atoms with Crippen molar-refractivity contribution in [1.29, 1.82) is 0 Å². The zero-order valence-corrected chi connectivity index (χ0v) is 12.3. The summed E-state index contributed by atoms with van der Waals surface area (Å²) in [5, 5.41) is 13.0. The number of rotatable bonds is 6. The Labute approximate surface area is 122 Å². The zero-order chi connectivity index (χ0) is 14.4. The summed E-state index contributed by atoms with van der Waals surface area (Å²) in [4.78, 5) is 11.7. The molecule has 1 amide bonds. The molecule has 0 bridgehead atoms. The number of hydrogen-bond donors (Lipinski definition) is 3. The Hall–Kier alpha value is -0.970. The van der Waals surface area contributed by atoms with Gasteiger partial charge in [0.05, 0.1) is 10.7 Å². The van der Waals surface area contributed by atoms with Crippen LogP contribution in [0, 0.1) is 6.92 Å². The molecular formula is C13H18Cl2N2O2. The molecule has 6 heteroatoms. The van der Waals surface area contributed by atoms with Crippen LogP contribution in [0.25, 0.3) is 0 Å². The summed E-state index contributed by atoms with van der Waals surface area (Å²) in [7, 11) is 0. The molecule has 0 saturated heterocycles. The van der Waals surface area contributed by atoms with Crippen LogP contribution >= 0.6 is 23.2 Å². The van der Waals surface area contributed by atoms with E-state index in [-0.39, 0.29) is 22.4 Å². The highest BCUT2D eigenvalue weighted by atomic mass is 35.5. The van der Waals surface area contributed by atoms with E-state index in [1.54, 1.807) is 6.92 Å². The first-order valence-electron chi connectivity index (χ1n) is 6.14. The summed E-state index contributed by atoms with van der Waals surface area (Å²) in [5.41, 5.74) is 6.20. The summed E-state index contributed by atoms with van der Waals surface area (Å²) in [6.07, 6.45) is 2.95. The lowest BCUT2D eigenvalue weighted by atomic mass is 10.1. The van der Waals surface area contributed by atoms with Crippen molar-refractivity contribution in [2.45, 2.75) is 32.6 Å². The van der Waals surface area contributed by atoms with Crippen molar-refractivity contribution in [2.75, 3.05) is 11.9 Å². The van der Waals surface area contributed by atoms with Gasteiger partial charge in [0.15, 0.2) is 5.75 Å². The Morgan fingerprint density at radius 3 is 2.68 bits per heavy atom. The number of aromatic hydroxyl groups is 1. The number of carbonyl (C=O) groups is 1. The Kier molecular flexibility index (Phi) is 6.42. The molecule has 1 aromatic carbocycles. The molecule has 1 rings (SSSR count). The van der Waals surface area contributed by atoms with Crippen molar-refractivity contribution in [3.8, 4) is 5.75 Å². The van der Waals surface area contributed by atoms with E-state index in [0.717, 1.165) is 19.3 Å². The molecular weight excluding hydrogens is 287 g/mol. The molecule has 0 aliphatic rings. The van der Waals surface area contributed by atoms with Crippen LogP contribution in [0.2, 0.25) is 10.0 Å². The summed E-state index contributed by atoms with van der Waals surface area (Å²) < 4.78 is 0. The van der Waals surface area contributed by atoms with Crippen LogP contribution in [0.4, 0.5) is 5.69 Å². The first kappa shape index (κ1) is 16.1. The first-order chi connectivity index (χ1) is 8.97. The average molecular weight is 305 g/mol. The van der Waals surface area contributed by atoms with Gasteiger partial charge in [0.1, 0.15) is 0 Å². The number of phenols is 1. The third kappa shape index (κ3) is 4.56. The quantitative estimate of drug-likeness (QED) is 0.556. The highest BCUT2D eigenvalue weighted by molar-refractivity contribution is 6.37. The van der Waals surface area contributed by atoms with E-state index in [4.69, 9.17) is 28.9 Å². The number of halogens is 2. The fraction of sp³-hybridized carbons (Fsp3) is 0.462. The molecule has 0 aliphatic heterocycles. The number of nitrogens with two attached hydrogens (primary N) is 1. The fourth-order valence-corrected chi connectivity index (χ4v) is 2.07. The SMILES string of the molecule is Cc1c(Cl)cc(NC(=O)CCCCCN)c(O)c1Cl. The van der Waals surface area contributed by atoms with Gasteiger partial charge in [-0.1, -0.05) is 29.6 Å². The van der Waals surface area contributed by atoms with Crippen molar-refractivity contribution in [3.63, 3.8) is 0 Å². The highest BCUT2D eigenvalue weighted by Crippen LogP contribution is 2.38. The van der Waals surface area contributed by atoms with E-state index in [1.807, 2.05) is 0 Å². The van der Waals surface area contributed by atoms with Gasteiger partial charge in [-0.05, 0) is 37.9 Å². The Morgan fingerprint density at radius 2 is 2.05 bits per heavy atom. The molecule has 1 aromatic rings. The smallest absolute Gasteiger partial charge is 0.224 e. The van der Waals surface area contributed by atoms with Crippen LogP contribution in [0.15, 0.2) is 6.07 Å². The van der Waals surface area contributed by atoms with E-state index in [2.05, 4.69) is 5.32 Å². The van der Waals surface area contributed by atoms with Crippen molar-refractivity contribution >= 4 is 34.8 Å². The molecule has 106 valence electrons. The Morgan fingerprint density at radius 1 is 1.37 bits per heavy atom. The van der Waals surface area contributed by atoms with E-state index in [1.165, 1.54) is 6.07 Å². The number of amides is 1. The summed E-state index contributed by atoms with van der Waals surface area (Å²) in [6.45, 7) is 2.33. The Balaban J connectivity index is 2.64. The van der Waals surface area contributed by atoms with Crippen molar-refractivity contribution in [3.05, 3.63) is 21.7 Å². The number of carbonyl (C=O) groups excluding carboxylic acids is 1. The van der Waals surface area contributed by atoms with Crippen molar-refractivity contribution in [2.24, 2.45) is 5.73 Å². The maximum absolute atomic E-state index is 11.7. The summed E-state index contributed by atoms with van der Waals surface area (Å²) >= 11 is 11.9. The van der Waals surface area contributed by atoms with Crippen molar-refractivity contribution in [1.82, 2.24) is 0 Å². The van der Waals surface area contributed by atoms with E-state index < -0.39 is 0 Å². The zero-order valence-electron chi connectivity index (χ0n) is 10.8. The summed E-state index contributed by atoms with van der Waals surface area (Å²) in [6, 6.07) is 1.50. The molecule has 19 heavy (non-hydrogen) atoms. The van der Waals surface area contributed by atoms with Crippen LogP contribution in [-0.4, -0.2) is 17.6 Å². The van der Waals surface area contributed by atoms with Gasteiger partial charge in [-0.15, -0.1) is 0 Å². The monoisotopic (exact) mass is 304 g/mol. The molecule has 0 atom stereocenters. The average Bonchev–Trinajstić information content (AvgIpc) is 2.38. The fourth-order valence-electron chi connectivity index (χ4n) is 1.62. The second-order valence-corrected chi connectivity index (χ2v) is 5.13. The van der Waals surface area contributed by atoms with Crippen LogP contribution < -0.4 is 11.1 Å². The third-order valence-electron chi connectivity index (χ3n) is 2.80. The van der Waals surface area contributed by atoms with Gasteiger partial charge in [-0.25, -0.2) is 0 Å². The second-order valence-electron chi connectivity index (χ2n) is 4.34. The summed E-state index contributed by atoms with van der Waals surface area (Å²) in [5.74, 6) is -0.331. The molecule has 0 aliphatic carbocycles. The molecule has 4 nitrogen and oxygen atoms in total. The molecule has 0 fully saturated rings. The van der Waals surface area contributed by atoms with Crippen LogP contribution in [-0.2, 0) is 4.79 Å². The number of benzene rings is 1.